The van der Waals surface area contributed by atoms with Gasteiger partial charge in [0.05, 0.1) is 0 Å². The summed E-state index contributed by atoms with van der Waals surface area (Å²) in [6.07, 6.45) is 9.31. The van der Waals surface area contributed by atoms with Crippen molar-refractivity contribution in [2.75, 3.05) is 12.4 Å². The molecule has 0 atom stereocenters. The van der Waals surface area contributed by atoms with E-state index in [9.17, 15) is 0 Å². The molecule has 0 bridgehead atoms. The van der Waals surface area contributed by atoms with Crippen molar-refractivity contribution in [2.45, 2.75) is 77.6 Å². The molecule has 0 radical (unpaired) electrons. The van der Waals surface area contributed by atoms with Gasteiger partial charge in [0.2, 0.25) is 0 Å². The Morgan fingerprint density at radius 1 is 1.00 bits per heavy atom. The Bertz CT molecular complexity index is 432. The van der Waals surface area contributed by atoms with Gasteiger partial charge in [0.15, 0.2) is 0 Å². The van der Waals surface area contributed by atoms with Crippen molar-refractivity contribution in [2.24, 2.45) is 0 Å². The number of nitrogens with zero attached hydrogens (tertiary/aromatic N) is 2. The van der Waals surface area contributed by atoms with Gasteiger partial charge in [-0.15, -0.1) is 0 Å². The zero-order valence-electron chi connectivity index (χ0n) is 13.5. The fourth-order valence-corrected chi connectivity index (χ4v) is 3.38. The van der Waals surface area contributed by atoms with Crippen LogP contribution in [0, 0.1) is 6.92 Å². The van der Waals surface area contributed by atoms with Crippen LogP contribution in [0.25, 0.3) is 0 Å². The first-order valence-electron chi connectivity index (χ1n) is 8.19. The number of hydrogen-bond acceptors (Lipinski definition) is 3. The van der Waals surface area contributed by atoms with Gasteiger partial charge in [0.1, 0.15) is 11.6 Å². The summed E-state index contributed by atoms with van der Waals surface area (Å²) in [5, 5.41) is 3.27. The second-order valence-corrected chi connectivity index (χ2v) is 6.38. The van der Waals surface area contributed by atoms with E-state index >= 15 is 0 Å². The number of aromatic nitrogens is 2. The standard InChI is InChI=1S/C17H29N3/c1-12(2)15-13(3)19-16(20-17(15)18-4)14-10-8-6-5-7-9-11-14/h12,14H,5-11H2,1-4H3,(H,18,19,20). The van der Waals surface area contributed by atoms with E-state index < -0.39 is 0 Å². The van der Waals surface area contributed by atoms with E-state index in [-0.39, 0.29) is 0 Å². The molecule has 0 amide bonds. The summed E-state index contributed by atoms with van der Waals surface area (Å²) >= 11 is 0. The minimum Gasteiger partial charge on any atom is -0.373 e. The minimum atomic E-state index is 0.462. The van der Waals surface area contributed by atoms with Crippen LogP contribution in [0.1, 0.15) is 87.7 Å². The molecule has 1 N–H and O–H groups in total. The summed E-state index contributed by atoms with van der Waals surface area (Å²) in [5.74, 6) is 3.12. The van der Waals surface area contributed by atoms with Crippen molar-refractivity contribution in [1.82, 2.24) is 9.97 Å². The van der Waals surface area contributed by atoms with Gasteiger partial charge in [-0.05, 0) is 25.7 Å². The van der Waals surface area contributed by atoms with Crippen molar-refractivity contribution in [3.8, 4) is 0 Å². The lowest BCUT2D eigenvalue weighted by Crippen LogP contribution is -2.13. The topological polar surface area (TPSA) is 37.8 Å². The van der Waals surface area contributed by atoms with Crippen molar-refractivity contribution in [1.29, 1.82) is 0 Å². The van der Waals surface area contributed by atoms with Crippen molar-refractivity contribution >= 4 is 5.82 Å². The van der Waals surface area contributed by atoms with Gasteiger partial charge < -0.3 is 5.32 Å². The van der Waals surface area contributed by atoms with Gasteiger partial charge in [0, 0.05) is 24.2 Å². The number of rotatable bonds is 3. The molecule has 2 rings (SSSR count). The maximum absolute atomic E-state index is 4.85. The van der Waals surface area contributed by atoms with E-state index in [1.165, 1.54) is 50.5 Å². The van der Waals surface area contributed by atoms with Crippen molar-refractivity contribution < 1.29 is 0 Å². The van der Waals surface area contributed by atoms with Gasteiger partial charge in [0.25, 0.3) is 0 Å². The third-order valence-electron chi connectivity index (χ3n) is 4.44. The molecule has 1 aromatic heterocycles. The quantitative estimate of drug-likeness (QED) is 0.862. The van der Waals surface area contributed by atoms with Gasteiger partial charge in [-0.3, -0.25) is 0 Å². The van der Waals surface area contributed by atoms with Gasteiger partial charge in [-0.2, -0.15) is 0 Å². The average Bonchev–Trinajstić information content (AvgIpc) is 2.36. The van der Waals surface area contributed by atoms with Crippen LogP contribution in [0.2, 0.25) is 0 Å². The molecule has 0 unspecified atom stereocenters. The molecule has 0 aromatic carbocycles. The van der Waals surface area contributed by atoms with Crippen LogP contribution in [-0.2, 0) is 0 Å². The lowest BCUT2D eigenvalue weighted by atomic mass is 9.90. The highest BCUT2D eigenvalue weighted by atomic mass is 15.0. The normalized spacial score (nSPS) is 17.9. The van der Waals surface area contributed by atoms with Crippen LogP contribution in [-0.4, -0.2) is 17.0 Å². The van der Waals surface area contributed by atoms with E-state index in [4.69, 9.17) is 9.97 Å². The van der Waals surface area contributed by atoms with Crippen molar-refractivity contribution in [3.63, 3.8) is 0 Å². The number of anilines is 1. The van der Waals surface area contributed by atoms with Crippen LogP contribution in [0.15, 0.2) is 0 Å². The molecule has 0 spiro atoms. The zero-order chi connectivity index (χ0) is 14.5. The molecule has 1 fully saturated rings. The predicted octanol–water partition coefficient (Wildman–Crippen LogP) is 4.78. The summed E-state index contributed by atoms with van der Waals surface area (Å²) in [6.45, 7) is 6.55. The third-order valence-corrected chi connectivity index (χ3v) is 4.44. The van der Waals surface area contributed by atoms with Crippen LogP contribution in [0.3, 0.4) is 0 Å². The van der Waals surface area contributed by atoms with E-state index in [0.717, 1.165) is 17.3 Å². The third kappa shape index (κ3) is 3.50. The van der Waals surface area contributed by atoms with E-state index in [1.807, 2.05) is 7.05 Å². The molecule has 3 heteroatoms. The van der Waals surface area contributed by atoms with E-state index in [2.05, 4.69) is 26.1 Å². The molecule has 1 aromatic rings. The average molecular weight is 275 g/mol. The molecule has 3 nitrogen and oxygen atoms in total. The highest BCUT2D eigenvalue weighted by Crippen LogP contribution is 2.32. The maximum atomic E-state index is 4.85. The zero-order valence-corrected chi connectivity index (χ0v) is 13.5. The lowest BCUT2D eigenvalue weighted by Gasteiger charge is -2.21. The Hall–Kier alpha value is -1.12. The number of hydrogen-bond donors (Lipinski definition) is 1. The van der Waals surface area contributed by atoms with Crippen LogP contribution >= 0.6 is 0 Å². The molecule has 1 saturated carbocycles. The van der Waals surface area contributed by atoms with Gasteiger partial charge >= 0.3 is 0 Å². The molecule has 1 aliphatic carbocycles. The van der Waals surface area contributed by atoms with Crippen molar-refractivity contribution in [3.05, 3.63) is 17.1 Å². The largest absolute Gasteiger partial charge is 0.373 e. The molecule has 0 aliphatic heterocycles. The lowest BCUT2D eigenvalue weighted by molar-refractivity contribution is 0.441. The first-order chi connectivity index (χ1) is 9.63. The van der Waals surface area contributed by atoms with Gasteiger partial charge in [-0.1, -0.05) is 46.0 Å². The Morgan fingerprint density at radius 3 is 2.15 bits per heavy atom. The highest BCUT2D eigenvalue weighted by Gasteiger charge is 2.20. The fraction of sp³-hybridized carbons (Fsp3) is 0.765. The number of aryl methyl sites for hydroxylation is 1. The predicted molar refractivity (Wildman–Crippen MR) is 85.5 cm³/mol. The summed E-state index contributed by atoms with van der Waals surface area (Å²) < 4.78 is 0. The molecular formula is C17H29N3. The van der Waals surface area contributed by atoms with Crippen LogP contribution in [0.5, 0.6) is 0 Å². The summed E-state index contributed by atoms with van der Waals surface area (Å²) in [5.41, 5.74) is 2.42. The molecule has 20 heavy (non-hydrogen) atoms. The first kappa shape index (κ1) is 15.3. The molecule has 112 valence electrons. The SMILES string of the molecule is CNc1nc(C2CCCCCCC2)nc(C)c1C(C)C. The molecule has 1 aliphatic rings. The van der Waals surface area contributed by atoms with E-state index in [1.54, 1.807) is 0 Å². The Kier molecular flexibility index (Phi) is 5.38. The Morgan fingerprint density at radius 2 is 1.60 bits per heavy atom. The first-order valence-corrected chi connectivity index (χ1v) is 8.19. The summed E-state index contributed by atoms with van der Waals surface area (Å²) in [4.78, 5) is 9.69. The second kappa shape index (κ2) is 7.05. The molecular weight excluding hydrogens is 246 g/mol. The Balaban J connectivity index is 2.29. The number of nitrogens with one attached hydrogen (secondary N) is 1. The fourth-order valence-electron chi connectivity index (χ4n) is 3.38. The Labute approximate surface area is 123 Å². The van der Waals surface area contributed by atoms with E-state index in [0.29, 0.717) is 11.8 Å². The monoisotopic (exact) mass is 275 g/mol. The smallest absolute Gasteiger partial charge is 0.134 e. The van der Waals surface area contributed by atoms with Crippen LogP contribution in [0.4, 0.5) is 5.82 Å². The molecule has 0 saturated heterocycles. The van der Waals surface area contributed by atoms with Crippen LogP contribution < -0.4 is 5.32 Å². The maximum Gasteiger partial charge on any atom is 0.134 e. The second-order valence-electron chi connectivity index (χ2n) is 6.38. The minimum absolute atomic E-state index is 0.462. The van der Waals surface area contributed by atoms with Gasteiger partial charge in [-0.25, -0.2) is 9.97 Å². The summed E-state index contributed by atoms with van der Waals surface area (Å²) in [7, 11) is 1.97. The highest BCUT2D eigenvalue weighted by molar-refractivity contribution is 5.48. The summed E-state index contributed by atoms with van der Waals surface area (Å²) in [6, 6.07) is 0. The molecule has 1 heterocycles.